The highest BCUT2D eigenvalue weighted by Crippen LogP contribution is 2.17. The van der Waals surface area contributed by atoms with Gasteiger partial charge in [0, 0.05) is 6.42 Å². The highest BCUT2D eigenvalue weighted by atomic mass is 16.3. The molecule has 0 aliphatic rings. The van der Waals surface area contributed by atoms with Crippen molar-refractivity contribution >= 4 is 5.91 Å². The number of aliphatic hydroxyl groups excluding tert-OH is 2. The monoisotopic (exact) mass is 908 g/mol. The van der Waals surface area contributed by atoms with Crippen LogP contribution in [0.4, 0.5) is 0 Å². The zero-order chi connectivity index (χ0) is 47.0. The molecule has 65 heavy (non-hydrogen) atoms. The molecule has 0 aromatic heterocycles. The van der Waals surface area contributed by atoms with Crippen LogP contribution in [0.15, 0.2) is 60.8 Å². The van der Waals surface area contributed by atoms with Crippen molar-refractivity contribution in [3.63, 3.8) is 0 Å². The molecule has 1 amide bonds. The van der Waals surface area contributed by atoms with E-state index in [1.165, 1.54) is 238 Å². The van der Waals surface area contributed by atoms with Crippen molar-refractivity contribution in [1.82, 2.24) is 5.32 Å². The van der Waals surface area contributed by atoms with E-state index in [0.717, 1.165) is 44.9 Å². The van der Waals surface area contributed by atoms with Gasteiger partial charge >= 0.3 is 0 Å². The topological polar surface area (TPSA) is 69.6 Å². The summed E-state index contributed by atoms with van der Waals surface area (Å²) in [5.41, 5.74) is 0. The highest BCUT2D eigenvalue weighted by Gasteiger charge is 2.18. The number of hydrogen-bond donors (Lipinski definition) is 3. The minimum Gasteiger partial charge on any atom is -0.394 e. The maximum atomic E-state index is 12.4. The molecule has 0 aromatic carbocycles. The summed E-state index contributed by atoms with van der Waals surface area (Å²) in [6.45, 7) is 4.29. The molecule has 0 saturated carbocycles. The normalized spacial score (nSPS) is 13.2. The van der Waals surface area contributed by atoms with Crippen molar-refractivity contribution in [1.29, 1.82) is 0 Å². The molecule has 0 aromatic rings. The van der Waals surface area contributed by atoms with Crippen LogP contribution in [0, 0.1) is 0 Å². The number of allylic oxidation sites excluding steroid dienone is 9. The number of unbranched alkanes of at least 4 members (excludes halogenated alkanes) is 38. The molecule has 3 N–H and O–H groups in total. The molecule has 0 bridgehead atoms. The van der Waals surface area contributed by atoms with Gasteiger partial charge in [0.2, 0.25) is 5.91 Å². The van der Waals surface area contributed by atoms with Crippen molar-refractivity contribution in [2.24, 2.45) is 0 Å². The third-order valence-electron chi connectivity index (χ3n) is 13.2. The van der Waals surface area contributed by atoms with Gasteiger partial charge in [-0.1, -0.05) is 286 Å². The van der Waals surface area contributed by atoms with Crippen molar-refractivity contribution in [2.45, 2.75) is 315 Å². The van der Waals surface area contributed by atoms with Crippen molar-refractivity contribution in [3.05, 3.63) is 60.8 Å². The van der Waals surface area contributed by atoms with E-state index < -0.39 is 12.1 Å². The zero-order valence-electron chi connectivity index (χ0n) is 43.8. The number of carbonyl (C=O) groups is 1. The van der Waals surface area contributed by atoms with E-state index in [-0.39, 0.29) is 12.5 Å². The third kappa shape index (κ3) is 52.9. The Morgan fingerprint density at radius 2 is 0.646 bits per heavy atom. The molecular formula is C61H113NO3. The van der Waals surface area contributed by atoms with Crippen LogP contribution in [0.1, 0.15) is 303 Å². The lowest BCUT2D eigenvalue weighted by molar-refractivity contribution is -0.123. The molecule has 0 saturated heterocycles. The van der Waals surface area contributed by atoms with E-state index in [0.29, 0.717) is 6.42 Å². The van der Waals surface area contributed by atoms with Gasteiger partial charge in [0.05, 0.1) is 18.8 Å². The van der Waals surface area contributed by atoms with E-state index in [9.17, 15) is 15.0 Å². The van der Waals surface area contributed by atoms with E-state index in [1.54, 1.807) is 6.08 Å². The smallest absolute Gasteiger partial charge is 0.220 e. The molecular weight excluding hydrogens is 795 g/mol. The average Bonchev–Trinajstić information content (AvgIpc) is 3.31. The summed E-state index contributed by atoms with van der Waals surface area (Å²) >= 11 is 0. The summed E-state index contributed by atoms with van der Waals surface area (Å²) in [5.74, 6) is -0.0707. The van der Waals surface area contributed by atoms with Gasteiger partial charge in [0.1, 0.15) is 0 Å². The number of rotatable bonds is 53. The first-order valence-corrected chi connectivity index (χ1v) is 29.0. The maximum Gasteiger partial charge on any atom is 0.220 e. The van der Waals surface area contributed by atoms with Crippen LogP contribution in [0.2, 0.25) is 0 Å². The Kier molecular flexibility index (Phi) is 54.8. The van der Waals surface area contributed by atoms with Crippen molar-refractivity contribution < 1.29 is 15.0 Å². The zero-order valence-corrected chi connectivity index (χ0v) is 43.8. The summed E-state index contributed by atoms with van der Waals surface area (Å²) in [5, 5.41) is 23.1. The van der Waals surface area contributed by atoms with E-state index in [1.807, 2.05) is 6.08 Å². The van der Waals surface area contributed by atoms with Crippen molar-refractivity contribution in [3.8, 4) is 0 Å². The van der Waals surface area contributed by atoms with E-state index >= 15 is 0 Å². The molecule has 0 rings (SSSR count). The van der Waals surface area contributed by atoms with Crippen LogP contribution >= 0.6 is 0 Å². The van der Waals surface area contributed by atoms with Gasteiger partial charge in [-0.3, -0.25) is 4.79 Å². The lowest BCUT2D eigenvalue weighted by Crippen LogP contribution is -2.45. The van der Waals surface area contributed by atoms with Crippen LogP contribution in [-0.4, -0.2) is 34.9 Å². The van der Waals surface area contributed by atoms with E-state index in [4.69, 9.17) is 0 Å². The molecule has 0 aliphatic heterocycles. The second-order valence-corrected chi connectivity index (χ2v) is 19.7. The molecule has 0 fully saturated rings. The summed E-state index contributed by atoms with van der Waals surface area (Å²) in [6, 6.07) is -0.638. The van der Waals surface area contributed by atoms with Gasteiger partial charge in [-0.2, -0.15) is 0 Å². The molecule has 380 valence electrons. The third-order valence-corrected chi connectivity index (χ3v) is 13.2. The van der Waals surface area contributed by atoms with Gasteiger partial charge < -0.3 is 15.5 Å². The second-order valence-electron chi connectivity index (χ2n) is 19.7. The lowest BCUT2D eigenvalue weighted by Gasteiger charge is -2.19. The SMILES string of the molecule is CCCCCCC/C=C\C/C=C\C/C=C\CCCCCCCCCCCCCCCCCCCCCCCCCCC(=O)NC(CO)C(O)/C=C/CC/C=C/CCCCCCCCCC. The van der Waals surface area contributed by atoms with Crippen LogP contribution in [-0.2, 0) is 4.79 Å². The average molecular weight is 909 g/mol. The first-order chi connectivity index (χ1) is 32.2. The molecule has 4 heteroatoms. The fraction of sp³-hybridized carbons (Fsp3) is 0.820. The summed E-state index contributed by atoms with van der Waals surface area (Å²) in [4.78, 5) is 12.4. The number of carbonyl (C=O) groups excluding carboxylic acids is 1. The quantitative estimate of drug-likeness (QED) is 0.0421. The van der Waals surface area contributed by atoms with E-state index in [2.05, 4.69) is 67.8 Å². The number of hydrogen-bond acceptors (Lipinski definition) is 3. The first-order valence-electron chi connectivity index (χ1n) is 29.0. The first kappa shape index (κ1) is 63.1. The Labute approximate surface area is 406 Å². The predicted molar refractivity (Wildman–Crippen MR) is 290 cm³/mol. The Balaban J connectivity index is 3.42. The van der Waals surface area contributed by atoms with Crippen molar-refractivity contribution in [2.75, 3.05) is 6.61 Å². The molecule has 0 radical (unpaired) electrons. The van der Waals surface area contributed by atoms with Gasteiger partial charge in [-0.15, -0.1) is 0 Å². The minimum atomic E-state index is -0.861. The predicted octanol–water partition coefficient (Wildman–Crippen LogP) is 19.2. The van der Waals surface area contributed by atoms with Crippen LogP contribution in [0.5, 0.6) is 0 Å². The Morgan fingerprint density at radius 3 is 1.00 bits per heavy atom. The fourth-order valence-corrected chi connectivity index (χ4v) is 8.79. The summed E-state index contributed by atoms with van der Waals surface area (Å²) in [7, 11) is 0. The highest BCUT2D eigenvalue weighted by molar-refractivity contribution is 5.76. The molecule has 4 nitrogen and oxygen atoms in total. The molecule has 0 heterocycles. The van der Waals surface area contributed by atoms with Crippen LogP contribution in [0.3, 0.4) is 0 Å². The lowest BCUT2D eigenvalue weighted by atomic mass is 10.0. The molecule has 0 spiro atoms. The number of aliphatic hydroxyl groups is 2. The molecule has 2 atom stereocenters. The van der Waals surface area contributed by atoms with Crippen LogP contribution in [0.25, 0.3) is 0 Å². The largest absolute Gasteiger partial charge is 0.394 e. The van der Waals surface area contributed by atoms with Gasteiger partial charge in [0.15, 0.2) is 0 Å². The maximum absolute atomic E-state index is 12.4. The standard InChI is InChI=1S/C61H113NO3/c1-3-5-7-9-11-13-15-17-19-20-21-22-23-24-25-26-27-28-29-30-31-32-33-34-35-36-37-38-39-40-41-42-43-45-47-49-51-53-55-57-61(65)62-59(58-63)60(64)56-54-52-50-48-46-44-18-16-14-12-10-8-6-4-2/h15,17,20-21,23-24,46,48,54,56,59-60,63-64H,3-14,16,18-19,22,25-45,47,49-53,55,57-58H2,1-2H3,(H,62,65)/b17-15-,21-20-,24-23-,48-46+,56-54+. The molecule has 2 unspecified atom stereocenters. The molecule has 0 aliphatic carbocycles. The Bertz CT molecular complexity index is 1070. The summed E-state index contributed by atoms with van der Waals surface area (Å²) < 4.78 is 0. The minimum absolute atomic E-state index is 0.0707. The van der Waals surface area contributed by atoms with Gasteiger partial charge in [0.25, 0.3) is 0 Å². The van der Waals surface area contributed by atoms with Gasteiger partial charge in [-0.25, -0.2) is 0 Å². The van der Waals surface area contributed by atoms with Crippen LogP contribution < -0.4 is 5.32 Å². The summed E-state index contributed by atoms with van der Waals surface area (Å²) in [6.07, 6.45) is 79.8. The second kappa shape index (κ2) is 56.4. The Morgan fingerprint density at radius 1 is 0.369 bits per heavy atom. The number of amides is 1. The fourth-order valence-electron chi connectivity index (χ4n) is 8.79. The van der Waals surface area contributed by atoms with Gasteiger partial charge in [-0.05, 0) is 70.6 Å². The number of nitrogens with one attached hydrogen (secondary N) is 1. The Hall–Kier alpha value is -1.91.